The van der Waals surface area contributed by atoms with Gasteiger partial charge in [0.2, 0.25) is 17.7 Å². The number of piperidine rings is 1. The predicted molar refractivity (Wildman–Crippen MR) is 252 cm³/mol. The van der Waals surface area contributed by atoms with Crippen molar-refractivity contribution in [3.63, 3.8) is 0 Å². The topological polar surface area (TPSA) is 163 Å². The van der Waals surface area contributed by atoms with Crippen LogP contribution in [0.1, 0.15) is 101 Å². The molecule has 364 valence electrons. The maximum Gasteiger partial charge on any atom is 0.254 e. The summed E-state index contributed by atoms with van der Waals surface area (Å²) in [5, 5.41) is 12.2. The number of likely N-dealkylation sites (tertiary alicyclic amines) is 2. The maximum absolute atomic E-state index is 14.9. The van der Waals surface area contributed by atoms with Crippen molar-refractivity contribution in [3.05, 3.63) is 76.0 Å². The first-order valence-electron chi connectivity index (χ1n) is 24.3. The summed E-state index contributed by atoms with van der Waals surface area (Å²) in [5.41, 5.74) is 1.98. The zero-order valence-corrected chi connectivity index (χ0v) is 39.9. The predicted octanol–water partition coefficient (Wildman–Crippen LogP) is 6.28. The highest BCUT2D eigenvalue weighted by molar-refractivity contribution is 7.17. The van der Waals surface area contributed by atoms with Gasteiger partial charge in [0.25, 0.3) is 11.8 Å². The highest BCUT2D eigenvalue weighted by Gasteiger charge is 2.42. The number of pyridine rings is 1. The van der Waals surface area contributed by atoms with Gasteiger partial charge in [-0.25, -0.2) is 8.78 Å². The van der Waals surface area contributed by atoms with Gasteiger partial charge in [0.15, 0.2) is 17.4 Å². The van der Waals surface area contributed by atoms with Gasteiger partial charge in [0, 0.05) is 75.5 Å². The van der Waals surface area contributed by atoms with Crippen LogP contribution in [0.3, 0.4) is 0 Å². The summed E-state index contributed by atoms with van der Waals surface area (Å²) in [6, 6.07) is 6.10. The third-order valence-electron chi connectivity index (χ3n) is 14.7. The normalized spacial score (nSPS) is 22.5. The minimum Gasteiger partial charge on any atom is -0.489 e. The van der Waals surface area contributed by atoms with E-state index in [1.54, 1.807) is 58.3 Å². The molecular weight excluding hydrogens is 895 g/mol. The van der Waals surface area contributed by atoms with E-state index in [9.17, 15) is 28.0 Å². The lowest BCUT2D eigenvalue weighted by atomic mass is 9.83. The smallest absolute Gasteiger partial charge is 0.254 e. The summed E-state index contributed by atoms with van der Waals surface area (Å²) in [7, 11) is 1.70. The molecule has 0 spiro atoms. The lowest BCUT2D eigenvalue weighted by molar-refractivity contribution is -0.144. The SMILES string of the molecule is CN[C@@H](C)C(=O)NC(C(=O)N1CCN(C(=O)C2=Cc3cc(F)c(F)cc3C2CC(=O)N2CCC[C@H]2COc2cc(CN3CCC(Oc4ccnc5ccsc45)CC3)on2)[C@@H](C)C1)C1CCCCC1. The first-order valence-corrected chi connectivity index (χ1v) is 25.2. The number of fused-ring (bicyclic) bond motifs is 2. The van der Waals surface area contributed by atoms with Crippen LogP contribution in [0.15, 0.2) is 52.0 Å². The fourth-order valence-electron chi connectivity index (χ4n) is 10.7. The molecule has 4 aromatic rings. The molecule has 68 heavy (non-hydrogen) atoms. The van der Waals surface area contributed by atoms with Crippen LogP contribution in [-0.2, 0) is 25.7 Å². The molecule has 0 radical (unpaired) electrons. The summed E-state index contributed by atoms with van der Waals surface area (Å²) < 4.78 is 48.7. The summed E-state index contributed by atoms with van der Waals surface area (Å²) in [6.45, 7) is 7.29. The zero-order valence-electron chi connectivity index (χ0n) is 39.1. The molecule has 18 heteroatoms. The Kier molecular flexibility index (Phi) is 14.7. The van der Waals surface area contributed by atoms with Crippen LogP contribution in [0.4, 0.5) is 8.78 Å². The Bertz CT molecular complexity index is 2500. The van der Waals surface area contributed by atoms with E-state index in [1.165, 1.54) is 0 Å². The Morgan fingerprint density at radius 1 is 0.941 bits per heavy atom. The number of carbonyl (C=O) groups is 4. The number of benzene rings is 1. The van der Waals surface area contributed by atoms with Gasteiger partial charge < -0.3 is 39.3 Å². The number of piperazine rings is 1. The monoisotopic (exact) mass is 956 g/mol. The van der Waals surface area contributed by atoms with Crippen molar-refractivity contribution in [2.45, 2.75) is 121 Å². The molecule has 3 aliphatic heterocycles. The Morgan fingerprint density at radius 3 is 2.51 bits per heavy atom. The van der Waals surface area contributed by atoms with Crippen LogP contribution >= 0.6 is 11.3 Å². The van der Waals surface area contributed by atoms with E-state index in [0.29, 0.717) is 42.3 Å². The molecule has 4 fully saturated rings. The number of hydrogen-bond donors (Lipinski definition) is 2. The number of rotatable bonds is 15. The van der Waals surface area contributed by atoms with E-state index in [4.69, 9.17) is 14.0 Å². The fourth-order valence-corrected chi connectivity index (χ4v) is 11.5. The van der Waals surface area contributed by atoms with Gasteiger partial charge in [-0.15, -0.1) is 11.3 Å². The van der Waals surface area contributed by atoms with Crippen molar-refractivity contribution in [2.75, 3.05) is 52.9 Å². The molecule has 15 nitrogen and oxygen atoms in total. The first kappa shape index (κ1) is 47.6. The molecular formula is C50H62F2N8O7S. The summed E-state index contributed by atoms with van der Waals surface area (Å²) >= 11 is 1.63. The third-order valence-corrected chi connectivity index (χ3v) is 15.6. The van der Waals surface area contributed by atoms with E-state index >= 15 is 0 Å². The number of ether oxygens (including phenoxy) is 2. The number of amides is 4. The van der Waals surface area contributed by atoms with Crippen molar-refractivity contribution in [3.8, 4) is 11.6 Å². The number of hydrogen-bond acceptors (Lipinski definition) is 12. The van der Waals surface area contributed by atoms with E-state index < -0.39 is 35.7 Å². The Morgan fingerprint density at radius 2 is 1.74 bits per heavy atom. The summed E-state index contributed by atoms with van der Waals surface area (Å²) in [5.74, 6) is -1.92. The molecule has 5 aliphatic rings. The molecule has 1 aromatic carbocycles. The summed E-state index contributed by atoms with van der Waals surface area (Å²) in [4.78, 5) is 67.9. The van der Waals surface area contributed by atoms with Gasteiger partial charge in [-0.2, -0.15) is 0 Å². The van der Waals surface area contributed by atoms with Crippen LogP contribution in [0, 0.1) is 17.6 Å². The van der Waals surface area contributed by atoms with Crippen LogP contribution in [0.2, 0.25) is 0 Å². The maximum atomic E-state index is 14.9. The Balaban J connectivity index is 0.799. The highest BCUT2D eigenvalue weighted by Crippen LogP contribution is 2.42. The quantitative estimate of drug-likeness (QED) is 0.138. The van der Waals surface area contributed by atoms with Gasteiger partial charge in [0.1, 0.15) is 24.5 Å². The zero-order chi connectivity index (χ0) is 47.5. The average Bonchev–Trinajstić information content (AvgIpc) is 4.19. The molecule has 3 saturated heterocycles. The minimum atomic E-state index is -1.05. The Hall–Kier alpha value is -5.46. The highest BCUT2D eigenvalue weighted by atomic mass is 32.1. The minimum absolute atomic E-state index is 0.0281. The average molecular weight is 957 g/mol. The van der Waals surface area contributed by atoms with Crippen molar-refractivity contribution in [1.29, 1.82) is 0 Å². The van der Waals surface area contributed by atoms with Crippen LogP contribution in [0.5, 0.6) is 11.6 Å². The number of likely N-dealkylation sites (N-methyl/N-ethyl adjacent to an activating group) is 1. The lowest BCUT2D eigenvalue weighted by Gasteiger charge is -2.43. The number of nitrogens with zero attached hydrogens (tertiary/aromatic N) is 6. The standard InChI is InChI=1S/C50H62F2N8O7S/c1-30-27-58(50(64)46(32-8-5-4-6-9-32)55-48(62)31(2)53-3)19-20-59(30)49(63)39-22-33-23-40(51)41(52)25-37(33)38(39)26-45(61)60-16-7-10-34(60)29-65-44-24-36(67-56-44)28-57-17-12-35(13-18-57)66-43-11-15-54-42-14-21-68-47(42)43/h11,14-15,21-25,30-32,34-35,38,46,53H,4-10,12-13,16-20,26-29H2,1-3H3,(H,55,62)/t30-,31-,34-,38?,46?/m0/s1. The lowest BCUT2D eigenvalue weighted by Crippen LogP contribution is -2.61. The number of carbonyl (C=O) groups excluding carboxylic acids is 4. The second kappa shape index (κ2) is 21.0. The molecule has 0 bridgehead atoms. The number of halogens is 2. The molecule has 2 aliphatic carbocycles. The van der Waals surface area contributed by atoms with Crippen molar-refractivity contribution < 1.29 is 42.0 Å². The Labute approximate surface area is 399 Å². The van der Waals surface area contributed by atoms with Gasteiger partial charge in [-0.05, 0) is 117 Å². The van der Waals surface area contributed by atoms with Crippen LogP contribution in [0.25, 0.3) is 16.3 Å². The summed E-state index contributed by atoms with van der Waals surface area (Å²) in [6.07, 6.45) is 11.4. The van der Waals surface area contributed by atoms with Crippen LogP contribution < -0.4 is 20.1 Å². The first-order chi connectivity index (χ1) is 32.9. The van der Waals surface area contributed by atoms with E-state index in [1.807, 2.05) is 24.4 Å². The van der Waals surface area contributed by atoms with Gasteiger partial charge >= 0.3 is 0 Å². The molecule has 2 unspecified atom stereocenters. The largest absolute Gasteiger partial charge is 0.489 e. The number of thiophene rings is 1. The second-order valence-corrected chi connectivity index (χ2v) is 20.1. The third kappa shape index (κ3) is 10.4. The van der Waals surface area contributed by atoms with Crippen molar-refractivity contribution in [2.24, 2.45) is 5.92 Å². The number of nitrogens with one attached hydrogen (secondary N) is 2. The molecule has 4 amide bonds. The van der Waals surface area contributed by atoms with E-state index in [-0.39, 0.29) is 79.9 Å². The molecule has 6 heterocycles. The van der Waals surface area contributed by atoms with Crippen molar-refractivity contribution in [1.82, 2.24) is 40.4 Å². The van der Waals surface area contributed by atoms with Crippen molar-refractivity contribution >= 4 is 51.3 Å². The molecule has 3 aromatic heterocycles. The number of aromatic nitrogens is 2. The van der Waals surface area contributed by atoms with Gasteiger partial charge in [0.05, 0.1) is 28.8 Å². The van der Waals surface area contributed by atoms with E-state index in [2.05, 4.69) is 25.7 Å². The fraction of sp³-hybridized carbons (Fsp3) is 0.560. The van der Waals surface area contributed by atoms with Gasteiger partial charge in [-0.1, -0.05) is 19.3 Å². The molecule has 2 N–H and O–H groups in total. The second-order valence-electron chi connectivity index (χ2n) is 19.1. The van der Waals surface area contributed by atoms with E-state index in [0.717, 1.165) is 92.6 Å². The van der Waals surface area contributed by atoms with Crippen LogP contribution in [-0.4, -0.2) is 137 Å². The molecule has 5 atom stereocenters. The molecule has 1 saturated carbocycles. The molecule has 9 rings (SSSR count). The van der Waals surface area contributed by atoms with Gasteiger partial charge in [-0.3, -0.25) is 29.1 Å².